The van der Waals surface area contributed by atoms with E-state index in [1.54, 1.807) is 13.2 Å². The number of rotatable bonds is 6. The minimum absolute atomic E-state index is 0.0159. The fraction of sp³-hybridized carbons (Fsp3) is 0.308. The third-order valence-electron chi connectivity index (χ3n) is 6.10. The van der Waals surface area contributed by atoms with Crippen molar-refractivity contribution < 1.29 is 28.2 Å². The highest BCUT2D eigenvalue weighted by Crippen LogP contribution is 2.43. The van der Waals surface area contributed by atoms with Crippen molar-refractivity contribution in [2.24, 2.45) is 0 Å². The van der Waals surface area contributed by atoms with E-state index in [2.05, 4.69) is 5.32 Å². The number of benzene rings is 2. The van der Waals surface area contributed by atoms with Crippen molar-refractivity contribution in [1.29, 1.82) is 0 Å². The normalized spacial score (nSPS) is 17.8. The van der Waals surface area contributed by atoms with E-state index in [1.165, 1.54) is 25.3 Å². The number of halogens is 2. The lowest BCUT2D eigenvalue weighted by molar-refractivity contribution is -0.136. The zero-order valence-electron chi connectivity index (χ0n) is 19.2. The molecule has 0 fully saturated rings. The maximum absolute atomic E-state index is 13.5. The van der Waals surface area contributed by atoms with Crippen LogP contribution in [0.5, 0.6) is 11.5 Å². The summed E-state index contributed by atoms with van der Waals surface area (Å²) < 4.78 is 29.9. The summed E-state index contributed by atoms with van der Waals surface area (Å²) in [6.45, 7) is 1.92. The van der Waals surface area contributed by atoms with Gasteiger partial charge in [0.25, 0.3) is 0 Å². The Morgan fingerprint density at radius 3 is 2.68 bits per heavy atom. The van der Waals surface area contributed by atoms with Crippen LogP contribution in [0.4, 0.5) is 4.39 Å². The Balaban J connectivity index is 1.75. The molecule has 0 unspecified atom stereocenters. The van der Waals surface area contributed by atoms with Crippen molar-refractivity contribution in [3.05, 3.63) is 80.9 Å². The van der Waals surface area contributed by atoms with E-state index in [4.69, 9.17) is 25.8 Å². The molecule has 4 rings (SSSR count). The zero-order chi connectivity index (χ0) is 24.4. The lowest BCUT2D eigenvalue weighted by atomic mass is 9.75. The summed E-state index contributed by atoms with van der Waals surface area (Å²) in [6, 6.07) is 9.62. The van der Waals surface area contributed by atoms with E-state index in [-0.39, 0.29) is 17.4 Å². The van der Waals surface area contributed by atoms with Crippen molar-refractivity contribution in [2.75, 3.05) is 14.2 Å². The van der Waals surface area contributed by atoms with Gasteiger partial charge >= 0.3 is 5.97 Å². The number of esters is 1. The summed E-state index contributed by atoms with van der Waals surface area (Å²) in [7, 11) is 2.88. The molecule has 0 radical (unpaired) electrons. The second-order valence-electron chi connectivity index (χ2n) is 8.19. The van der Waals surface area contributed by atoms with Gasteiger partial charge < -0.3 is 19.5 Å². The van der Waals surface area contributed by atoms with Crippen LogP contribution in [-0.2, 0) is 20.9 Å². The second-order valence-corrected chi connectivity index (χ2v) is 8.60. The Morgan fingerprint density at radius 1 is 1.18 bits per heavy atom. The molecule has 1 aliphatic carbocycles. The lowest BCUT2D eigenvalue weighted by Gasteiger charge is -2.34. The van der Waals surface area contributed by atoms with Gasteiger partial charge in [0.15, 0.2) is 5.78 Å². The van der Waals surface area contributed by atoms with Gasteiger partial charge in [0.1, 0.15) is 23.9 Å². The monoisotopic (exact) mass is 485 g/mol. The number of nitrogens with one attached hydrogen (secondary N) is 1. The lowest BCUT2D eigenvalue weighted by Crippen LogP contribution is -2.34. The van der Waals surface area contributed by atoms with Gasteiger partial charge in [-0.15, -0.1) is 0 Å². The van der Waals surface area contributed by atoms with E-state index in [9.17, 15) is 14.0 Å². The average Bonchev–Trinajstić information content (AvgIpc) is 2.83. The highest BCUT2D eigenvalue weighted by Gasteiger charge is 2.39. The van der Waals surface area contributed by atoms with Crippen LogP contribution in [-0.4, -0.2) is 26.0 Å². The molecule has 1 N–H and O–H groups in total. The number of ether oxygens (including phenoxy) is 3. The summed E-state index contributed by atoms with van der Waals surface area (Å²) in [4.78, 5) is 25.8. The zero-order valence-corrected chi connectivity index (χ0v) is 19.9. The molecule has 0 bridgehead atoms. The number of carbonyl (C=O) groups excluding carboxylic acids is 2. The first-order valence-electron chi connectivity index (χ1n) is 10.9. The van der Waals surface area contributed by atoms with E-state index >= 15 is 0 Å². The summed E-state index contributed by atoms with van der Waals surface area (Å²) in [5.41, 5.74) is 3.96. The molecule has 1 heterocycles. The van der Waals surface area contributed by atoms with Gasteiger partial charge in [-0.3, -0.25) is 4.79 Å². The van der Waals surface area contributed by atoms with Crippen LogP contribution in [0, 0.1) is 5.82 Å². The van der Waals surface area contributed by atoms with Crippen molar-refractivity contribution >= 4 is 23.4 Å². The van der Waals surface area contributed by atoms with Gasteiger partial charge in [0, 0.05) is 40.9 Å². The number of carbonyl (C=O) groups is 2. The van der Waals surface area contributed by atoms with Crippen molar-refractivity contribution in [2.45, 2.75) is 38.7 Å². The number of Topliss-reactive ketones (excluding diaryl/α,β-unsaturated/α-hetero) is 1. The van der Waals surface area contributed by atoms with Gasteiger partial charge in [-0.1, -0.05) is 17.7 Å². The fourth-order valence-corrected chi connectivity index (χ4v) is 4.69. The number of allylic oxidation sites excluding steroid dienone is 3. The maximum Gasteiger partial charge on any atom is 0.336 e. The van der Waals surface area contributed by atoms with E-state index in [1.807, 2.05) is 19.1 Å². The molecule has 0 spiro atoms. The molecule has 0 saturated heterocycles. The van der Waals surface area contributed by atoms with Crippen LogP contribution in [0.25, 0.3) is 0 Å². The largest absolute Gasteiger partial charge is 0.496 e. The molecule has 1 atom stereocenters. The molecule has 2 aromatic carbocycles. The highest BCUT2D eigenvalue weighted by atomic mass is 35.5. The minimum atomic E-state index is -0.568. The molecule has 0 aromatic heterocycles. The number of ketones is 1. The van der Waals surface area contributed by atoms with Crippen LogP contribution in [0.15, 0.2) is 58.9 Å². The quantitative estimate of drug-likeness (QED) is 0.566. The first-order valence-corrected chi connectivity index (χ1v) is 11.3. The van der Waals surface area contributed by atoms with Crippen LogP contribution in [0.3, 0.4) is 0 Å². The Morgan fingerprint density at radius 2 is 1.97 bits per heavy atom. The Bertz CT molecular complexity index is 1220. The molecule has 178 valence electrons. The number of dihydropyridines is 1. The van der Waals surface area contributed by atoms with Crippen LogP contribution < -0.4 is 14.8 Å². The molecule has 2 aliphatic rings. The van der Waals surface area contributed by atoms with Crippen molar-refractivity contribution in [1.82, 2.24) is 5.32 Å². The predicted octanol–water partition coefficient (Wildman–Crippen LogP) is 5.21. The summed E-state index contributed by atoms with van der Waals surface area (Å²) in [6.07, 6.45) is 1.93. The van der Waals surface area contributed by atoms with Crippen LogP contribution in [0.1, 0.15) is 43.2 Å². The molecular weight excluding hydrogens is 461 g/mol. The van der Waals surface area contributed by atoms with Gasteiger partial charge in [-0.25, -0.2) is 9.18 Å². The molecule has 6 nitrogen and oxygen atoms in total. The first-order chi connectivity index (χ1) is 16.3. The molecule has 1 aliphatic heterocycles. The number of hydrogen-bond donors (Lipinski definition) is 1. The third kappa shape index (κ3) is 4.53. The summed E-state index contributed by atoms with van der Waals surface area (Å²) >= 11 is 5.86. The van der Waals surface area contributed by atoms with Gasteiger partial charge in [-0.2, -0.15) is 0 Å². The van der Waals surface area contributed by atoms with Crippen molar-refractivity contribution in [3.63, 3.8) is 0 Å². The van der Waals surface area contributed by atoms with Gasteiger partial charge in [0.2, 0.25) is 0 Å². The summed E-state index contributed by atoms with van der Waals surface area (Å²) in [5.74, 6) is -0.592. The molecule has 0 amide bonds. The van der Waals surface area contributed by atoms with E-state index in [0.717, 1.165) is 24.1 Å². The second kappa shape index (κ2) is 9.89. The SMILES string of the molecule is COC(=O)C1=C(C)NC2=C(C(=O)CCC2)[C@H]1c1ccc(OC)c(COc2ccc(F)c(Cl)c2)c1. The third-order valence-corrected chi connectivity index (χ3v) is 6.39. The average molecular weight is 486 g/mol. The Hall–Kier alpha value is -3.32. The molecule has 34 heavy (non-hydrogen) atoms. The molecule has 0 saturated carbocycles. The maximum atomic E-state index is 13.5. The predicted molar refractivity (Wildman–Crippen MR) is 125 cm³/mol. The first kappa shape index (κ1) is 23.8. The topological polar surface area (TPSA) is 73.9 Å². The number of hydrogen-bond acceptors (Lipinski definition) is 6. The Kier molecular flexibility index (Phi) is 6.93. The Labute approximate surface area is 202 Å². The summed E-state index contributed by atoms with van der Waals surface area (Å²) in [5, 5.41) is 3.22. The van der Waals surface area contributed by atoms with Crippen LogP contribution >= 0.6 is 11.6 Å². The highest BCUT2D eigenvalue weighted by molar-refractivity contribution is 6.30. The standard InChI is InChI=1S/C26H25ClFNO5/c1-14-23(26(31)33-3)24(25-20(29-14)5-4-6-21(25)30)15-7-10-22(32-2)16(11-15)13-34-17-8-9-19(28)18(27)12-17/h7-12,24,29H,4-6,13H2,1-3H3/t24-/m0/s1. The fourth-order valence-electron chi connectivity index (χ4n) is 4.52. The molecule has 8 heteroatoms. The van der Waals surface area contributed by atoms with E-state index < -0.39 is 17.7 Å². The van der Waals surface area contributed by atoms with Gasteiger partial charge in [-0.05, 0) is 49.6 Å². The number of methoxy groups -OCH3 is 2. The van der Waals surface area contributed by atoms with E-state index in [0.29, 0.717) is 40.3 Å². The van der Waals surface area contributed by atoms with Crippen molar-refractivity contribution in [3.8, 4) is 11.5 Å². The smallest absolute Gasteiger partial charge is 0.336 e. The van der Waals surface area contributed by atoms with Crippen LogP contribution in [0.2, 0.25) is 5.02 Å². The minimum Gasteiger partial charge on any atom is -0.496 e. The van der Waals surface area contributed by atoms with Gasteiger partial charge in [0.05, 0.1) is 24.8 Å². The molecular formula is C26H25ClFNO5. The molecule has 2 aromatic rings.